The Balaban J connectivity index is 1.25. The first-order chi connectivity index (χ1) is 14.2. The van der Waals surface area contributed by atoms with Gasteiger partial charge in [0.05, 0.1) is 11.3 Å². The number of carbonyl (C=O) groups excluding carboxylic acids is 1. The van der Waals surface area contributed by atoms with E-state index in [1.807, 2.05) is 41.1 Å². The fourth-order valence-corrected chi connectivity index (χ4v) is 3.33. The summed E-state index contributed by atoms with van der Waals surface area (Å²) in [6.45, 7) is 2.52. The third-order valence-electron chi connectivity index (χ3n) is 4.51. The molecule has 0 unspecified atom stereocenters. The van der Waals surface area contributed by atoms with Crippen LogP contribution in [0, 0.1) is 0 Å². The van der Waals surface area contributed by atoms with Crippen molar-refractivity contribution >= 4 is 17.6 Å². The lowest BCUT2D eigenvalue weighted by Gasteiger charge is -2.20. The third-order valence-corrected chi connectivity index (χ3v) is 4.79. The molecule has 0 fully saturated rings. The molecular weight excluding hydrogens is 392 g/mol. The SMILES string of the molecule is O=C(NCc1ccc(Cn2ccnc2)cc1)NCc1cc(Cl)c2c(c1)OCCO2. The van der Waals surface area contributed by atoms with Crippen LogP contribution in [0.3, 0.4) is 0 Å². The minimum absolute atomic E-state index is 0.251. The summed E-state index contributed by atoms with van der Waals surface area (Å²) < 4.78 is 13.1. The zero-order valence-electron chi connectivity index (χ0n) is 15.7. The Morgan fingerprint density at radius 1 is 1.03 bits per heavy atom. The quantitative estimate of drug-likeness (QED) is 0.650. The van der Waals surface area contributed by atoms with Gasteiger partial charge in [-0.25, -0.2) is 9.78 Å². The summed E-state index contributed by atoms with van der Waals surface area (Å²) in [6.07, 6.45) is 5.47. The molecule has 29 heavy (non-hydrogen) atoms. The molecule has 3 aromatic rings. The Morgan fingerprint density at radius 2 is 1.76 bits per heavy atom. The van der Waals surface area contributed by atoms with Crippen LogP contribution in [0.5, 0.6) is 11.5 Å². The molecule has 7 nitrogen and oxygen atoms in total. The summed E-state index contributed by atoms with van der Waals surface area (Å²) >= 11 is 6.22. The summed E-state index contributed by atoms with van der Waals surface area (Å²) in [6, 6.07) is 11.5. The zero-order chi connectivity index (χ0) is 20.1. The number of fused-ring (bicyclic) bond motifs is 1. The van der Waals surface area contributed by atoms with Crippen LogP contribution in [0.4, 0.5) is 4.79 Å². The van der Waals surface area contributed by atoms with Crippen molar-refractivity contribution in [2.24, 2.45) is 0 Å². The van der Waals surface area contributed by atoms with Gasteiger partial charge in [-0.1, -0.05) is 35.9 Å². The monoisotopic (exact) mass is 412 g/mol. The minimum Gasteiger partial charge on any atom is -0.486 e. The molecule has 1 aliphatic heterocycles. The molecule has 2 N–H and O–H groups in total. The molecule has 0 aliphatic carbocycles. The van der Waals surface area contributed by atoms with Crippen molar-refractivity contribution in [3.8, 4) is 11.5 Å². The van der Waals surface area contributed by atoms with Crippen molar-refractivity contribution < 1.29 is 14.3 Å². The highest BCUT2D eigenvalue weighted by atomic mass is 35.5. The first-order valence-corrected chi connectivity index (χ1v) is 9.68. The summed E-state index contributed by atoms with van der Waals surface area (Å²) in [5, 5.41) is 6.17. The topological polar surface area (TPSA) is 77.4 Å². The second kappa shape index (κ2) is 8.87. The van der Waals surface area contributed by atoms with E-state index in [1.54, 1.807) is 18.6 Å². The molecule has 1 aromatic heterocycles. The molecule has 150 valence electrons. The Bertz CT molecular complexity index is 974. The first-order valence-electron chi connectivity index (χ1n) is 9.30. The van der Waals surface area contributed by atoms with E-state index in [9.17, 15) is 4.79 Å². The summed E-state index contributed by atoms with van der Waals surface area (Å²) in [7, 11) is 0. The summed E-state index contributed by atoms with van der Waals surface area (Å²) in [4.78, 5) is 16.2. The first kappa shape index (κ1) is 19.1. The van der Waals surface area contributed by atoms with Gasteiger partial charge >= 0.3 is 6.03 Å². The molecule has 0 saturated heterocycles. The van der Waals surface area contributed by atoms with Crippen LogP contribution in [0.25, 0.3) is 0 Å². The predicted octanol–water partition coefficient (Wildman–Crippen LogP) is 3.36. The van der Waals surface area contributed by atoms with Crippen molar-refractivity contribution in [3.05, 3.63) is 76.8 Å². The highest BCUT2D eigenvalue weighted by molar-refractivity contribution is 6.32. The smallest absolute Gasteiger partial charge is 0.315 e. The maximum Gasteiger partial charge on any atom is 0.315 e. The molecule has 0 saturated carbocycles. The van der Waals surface area contributed by atoms with E-state index in [0.29, 0.717) is 42.8 Å². The van der Waals surface area contributed by atoms with Gasteiger partial charge in [0.1, 0.15) is 13.2 Å². The number of benzene rings is 2. The van der Waals surface area contributed by atoms with Gasteiger partial charge in [-0.05, 0) is 28.8 Å². The molecule has 0 spiro atoms. The molecule has 0 radical (unpaired) electrons. The average Bonchev–Trinajstić information content (AvgIpc) is 3.25. The lowest BCUT2D eigenvalue weighted by Crippen LogP contribution is -2.34. The maximum atomic E-state index is 12.1. The van der Waals surface area contributed by atoms with Gasteiger partial charge < -0.3 is 24.7 Å². The Kier molecular flexibility index (Phi) is 5.86. The molecule has 4 rings (SSSR count). The fraction of sp³-hybridized carbons (Fsp3) is 0.238. The van der Waals surface area contributed by atoms with Crippen molar-refractivity contribution in [2.45, 2.75) is 19.6 Å². The van der Waals surface area contributed by atoms with Crippen LogP contribution < -0.4 is 20.1 Å². The lowest BCUT2D eigenvalue weighted by atomic mass is 10.1. The predicted molar refractivity (Wildman–Crippen MR) is 109 cm³/mol. The minimum atomic E-state index is -0.251. The number of urea groups is 1. The van der Waals surface area contributed by atoms with E-state index in [1.165, 1.54) is 5.56 Å². The normalized spacial score (nSPS) is 12.4. The van der Waals surface area contributed by atoms with Crippen LogP contribution in [0.2, 0.25) is 5.02 Å². The van der Waals surface area contributed by atoms with Gasteiger partial charge in [0.25, 0.3) is 0 Å². The van der Waals surface area contributed by atoms with Crippen molar-refractivity contribution in [1.29, 1.82) is 0 Å². The molecule has 0 bridgehead atoms. The van der Waals surface area contributed by atoms with Gasteiger partial charge in [0.2, 0.25) is 0 Å². The van der Waals surface area contributed by atoms with Crippen LogP contribution >= 0.6 is 11.6 Å². The Hall–Kier alpha value is -3.19. The number of imidazole rings is 1. The Labute approximate surface area is 173 Å². The van der Waals surface area contributed by atoms with E-state index in [0.717, 1.165) is 17.7 Å². The van der Waals surface area contributed by atoms with E-state index >= 15 is 0 Å². The molecule has 8 heteroatoms. The molecule has 2 amide bonds. The maximum absolute atomic E-state index is 12.1. The van der Waals surface area contributed by atoms with Crippen LogP contribution in [0.1, 0.15) is 16.7 Å². The fourth-order valence-electron chi connectivity index (χ4n) is 3.05. The zero-order valence-corrected chi connectivity index (χ0v) is 16.5. The van der Waals surface area contributed by atoms with E-state index < -0.39 is 0 Å². The summed E-state index contributed by atoms with van der Waals surface area (Å²) in [5.74, 6) is 1.17. The number of carbonyl (C=O) groups is 1. The number of nitrogens with zero attached hydrogens (tertiary/aromatic N) is 2. The lowest BCUT2D eigenvalue weighted by molar-refractivity contribution is 0.171. The van der Waals surface area contributed by atoms with Crippen LogP contribution in [-0.2, 0) is 19.6 Å². The van der Waals surface area contributed by atoms with Crippen molar-refractivity contribution in [2.75, 3.05) is 13.2 Å². The van der Waals surface area contributed by atoms with Gasteiger partial charge in [-0.2, -0.15) is 0 Å². The van der Waals surface area contributed by atoms with Crippen LogP contribution in [-0.4, -0.2) is 28.8 Å². The van der Waals surface area contributed by atoms with Crippen molar-refractivity contribution in [1.82, 2.24) is 20.2 Å². The van der Waals surface area contributed by atoms with E-state index in [2.05, 4.69) is 15.6 Å². The number of hydrogen-bond acceptors (Lipinski definition) is 4. The number of nitrogens with one attached hydrogen (secondary N) is 2. The van der Waals surface area contributed by atoms with Gasteiger partial charge in [-0.3, -0.25) is 0 Å². The third kappa shape index (κ3) is 5.00. The highest BCUT2D eigenvalue weighted by Gasteiger charge is 2.16. The van der Waals surface area contributed by atoms with Gasteiger partial charge in [0, 0.05) is 32.0 Å². The Morgan fingerprint density at radius 3 is 2.52 bits per heavy atom. The molecule has 2 aromatic carbocycles. The second-order valence-corrected chi connectivity index (χ2v) is 7.10. The standard InChI is InChI=1S/C21H21ClN4O3/c22-18-9-17(10-19-20(18)29-8-7-28-19)12-25-21(27)24-11-15-1-3-16(4-2-15)13-26-6-5-23-14-26/h1-6,9-10,14H,7-8,11-13H2,(H2,24,25,27). The number of halogens is 1. The number of hydrogen-bond donors (Lipinski definition) is 2. The number of ether oxygens (including phenoxy) is 2. The van der Waals surface area contributed by atoms with Crippen LogP contribution in [0.15, 0.2) is 55.1 Å². The van der Waals surface area contributed by atoms with Gasteiger partial charge in [0.15, 0.2) is 11.5 Å². The highest BCUT2D eigenvalue weighted by Crippen LogP contribution is 2.38. The average molecular weight is 413 g/mol. The molecular formula is C21H21ClN4O3. The largest absolute Gasteiger partial charge is 0.486 e. The van der Waals surface area contributed by atoms with E-state index in [-0.39, 0.29) is 6.03 Å². The number of amides is 2. The molecule has 0 atom stereocenters. The van der Waals surface area contributed by atoms with Crippen molar-refractivity contribution in [3.63, 3.8) is 0 Å². The van der Waals surface area contributed by atoms with E-state index in [4.69, 9.17) is 21.1 Å². The number of aromatic nitrogens is 2. The second-order valence-electron chi connectivity index (χ2n) is 6.69. The molecule has 1 aliphatic rings. The van der Waals surface area contributed by atoms with Gasteiger partial charge in [-0.15, -0.1) is 0 Å². The summed E-state index contributed by atoms with van der Waals surface area (Å²) in [5.41, 5.74) is 3.04. The number of rotatable bonds is 6. The molecule has 2 heterocycles.